The number of hydrogen-bond acceptors (Lipinski definition) is 2. The maximum Gasteiger partial charge on any atom is 0.0410 e. The molecule has 20 heavy (non-hydrogen) atoms. The molecule has 0 aliphatic heterocycles. The smallest absolute Gasteiger partial charge is 0.0410 e. The Morgan fingerprint density at radius 2 is 1.95 bits per heavy atom. The van der Waals surface area contributed by atoms with Gasteiger partial charge < -0.3 is 10.6 Å². The fourth-order valence-electron chi connectivity index (χ4n) is 3.21. The Morgan fingerprint density at radius 3 is 2.55 bits per heavy atom. The van der Waals surface area contributed by atoms with Crippen LogP contribution in [-0.2, 0) is 6.42 Å². The predicted octanol–water partition coefficient (Wildman–Crippen LogP) is 4.35. The van der Waals surface area contributed by atoms with Crippen molar-refractivity contribution < 1.29 is 0 Å². The highest BCUT2D eigenvalue weighted by Gasteiger charge is 2.23. The second kappa shape index (κ2) is 6.95. The normalized spacial score (nSPS) is 24.4. The molecule has 112 valence electrons. The van der Waals surface area contributed by atoms with Crippen molar-refractivity contribution in [2.24, 2.45) is 11.7 Å². The van der Waals surface area contributed by atoms with Crippen LogP contribution in [0.15, 0.2) is 22.7 Å². The molecule has 0 spiro atoms. The second-order valence-corrected chi connectivity index (χ2v) is 7.39. The number of benzene rings is 1. The Bertz CT molecular complexity index is 437. The molecule has 1 unspecified atom stereocenters. The Labute approximate surface area is 131 Å². The van der Waals surface area contributed by atoms with Gasteiger partial charge in [-0.3, -0.25) is 0 Å². The van der Waals surface area contributed by atoms with Crippen LogP contribution in [0.1, 0.15) is 45.1 Å². The topological polar surface area (TPSA) is 29.3 Å². The molecule has 3 heteroatoms. The van der Waals surface area contributed by atoms with Crippen LogP contribution in [-0.4, -0.2) is 19.1 Å². The van der Waals surface area contributed by atoms with Crippen LogP contribution in [0.3, 0.4) is 0 Å². The first-order valence-electron chi connectivity index (χ1n) is 7.74. The molecule has 0 heterocycles. The molecule has 2 rings (SSSR count). The number of halogens is 1. The molecule has 1 fully saturated rings. The van der Waals surface area contributed by atoms with Crippen LogP contribution in [0.2, 0.25) is 0 Å². The molecule has 2 nitrogen and oxygen atoms in total. The van der Waals surface area contributed by atoms with Gasteiger partial charge in [0.2, 0.25) is 0 Å². The number of hydrogen-bond donors (Lipinski definition) is 1. The van der Waals surface area contributed by atoms with Crippen molar-refractivity contribution in [2.45, 2.75) is 58.0 Å². The third kappa shape index (κ3) is 3.98. The Kier molecular flexibility index (Phi) is 5.50. The lowest BCUT2D eigenvalue weighted by Crippen LogP contribution is -2.35. The highest BCUT2D eigenvalue weighted by Crippen LogP contribution is 2.32. The number of nitrogens with two attached hydrogens (primary N) is 1. The van der Waals surface area contributed by atoms with Gasteiger partial charge in [-0.2, -0.15) is 0 Å². The summed E-state index contributed by atoms with van der Waals surface area (Å²) in [6, 6.07) is 7.46. The number of rotatable bonds is 4. The first kappa shape index (κ1) is 15.8. The molecule has 0 saturated heterocycles. The van der Waals surface area contributed by atoms with Crippen molar-refractivity contribution in [3.63, 3.8) is 0 Å². The summed E-state index contributed by atoms with van der Waals surface area (Å²) in [5.74, 6) is 0.894. The van der Waals surface area contributed by atoms with Gasteiger partial charge in [0.05, 0.1) is 0 Å². The summed E-state index contributed by atoms with van der Waals surface area (Å²) >= 11 is 3.61. The van der Waals surface area contributed by atoms with Crippen molar-refractivity contribution in [2.75, 3.05) is 11.9 Å². The van der Waals surface area contributed by atoms with Gasteiger partial charge in [0.25, 0.3) is 0 Å². The van der Waals surface area contributed by atoms with E-state index in [1.807, 2.05) is 0 Å². The summed E-state index contributed by atoms with van der Waals surface area (Å²) in [5.41, 5.74) is 8.71. The molecular weight excluding hydrogens is 312 g/mol. The van der Waals surface area contributed by atoms with E-state index < -0.39 is 0 Å². The molecular formula is C17H27BrN2. The van der Waals surface area contributed by atoms with Crippen molar-refractivity contribution in [3.8, 4) is 0 Å². The molecule has 1 aromatic rings. The molecule has 1 aliphatic rings. The zero-order chi connectivity index (χ0) is 14.7. The molecule has 1 atom stereocenters. The Morgan fingerprint density at radius 1 is 1.30 bits per heavy atom. The highest BCUT2D eigenvalue weighted by molar-refractivity contribution is 9.10. The van der Waals surface area contributed by atoms with E-state index in [4.69, 9.17) is 5.73 Å². The van der Waals surface area contributed by atoms with Gasteiger partial charge in [-0.25, -0.2) is 0 Å². The van der Waals surface area contributed by atoms with E-state index in [1.54, 1.807) is 0 Å². The highest BCUT2D eigenvalue weighted by atomic mass is 79.9. The van der Waals surface area contributed by atoms with Crippen LogP contribution in [0.5, 0.6) is 0 Å². The van der Waals surface area contributed by atoms with E-state index in [0.29, 0.717) is 6.04 Å². The molecule has 2 N–H and O–H groups in total. The molecule has 0 bridgehead atoms. The van der Waals surface area contributed by atoms with Gasteiger partial charge >= 0.3 is 0 Å². The van der Waals surface area contributed by atoms with Crippen molar-refractivity contribution >= 4 is 21.6 Å². The van der Waals surface area contributed by atoms with Gasteiger partial charge in [-0.15, -0.1) is 0 Å². The zero-order valence-electron chi connectivity index (χ0n) is 12.9. The lowest BCUT2D eigenvalue weighted by atomic mass is 9.86. The van der Waals surface area contributed by atoms with Crippen LogP contribution < -0.4 is 10.6 Å². The van der Waals surface area contributed by atoms with Gasteiger partial charge in [-0.05, 0) is 62.6 Å². The lowest BCUT2D eigenvalue weighted by molar-refractivity contribution is 0.340. The largest absolute Gasteiger partial charge is 0.371 e. The standard InChI is InChI=1S/C17H27BrN2/c1-12-4-8-16(9-5-12)20(3)17-11-15(18)7-6-14(17)10-13(2)19/h6-7,11-13,16H,4-5,8-10,19H2,1-3H3. The molecule has 0 amide bonds. The van der Waals surface area contributed by atoms with E-state index >= 15 is 0 Å². The fourth-order valence-corrected chi connectivity index (χ4v) is 3.56. The SMILES string of the molecule is CC(N)Cc1ccc(Br)cc1N(C)C1CCC(C)CC1. The van der Waals surface area contributed by atoms with Crippen molar-refractivity contribution in [1.82, 2.24) is 0 Å². The summed E-state index contributed by atoms with van der Waals surface area (Å²) in [5, 5.41) is 0. The van der Waals surface area contributed by atoms with Gasteiger partial charge in [0.15, 0.2) is 0 Å². The second-order valence-electron chi connectivity index (χ2n) is 6.48. The van der Waals surface area contributed by atoms with Crippen LogP contribution in [0.4, 0.5) is 5.69 Å². The predicted molar refractivity (Wildman–Crippen MR) is 91.3 cm³/mol. The maximum atomic E-state index is 6.00. The van der Waals surface area contributed by atoms with Crippen molar-refractivity contribution in [1.29, 1.82) is 0 Å². The molecule has 0 radical (unpaired) electrons. The minimum Gasteiger partial charge on any atom is -0.371 e. The lowest BCUT2D eigenvalue weighted by Gasteiger charge is -2.36. The third-order valence-corrected chi connectivity index (χ3v) is 5.00. The molecule has 1 aliphatic carbocycles. The van der Waals surface area contributed by atoms with E-state index in [0.717, 1.165) is 16.8 Å². The van der Waals surface area contributed by atoms with Crippen LogP contribution in [0.25, 0.3) is 0 Å². The summed E-state index contributed by atoms with van der Waals surface area (Å²) in [6.07, 6.45) is 6.26. The molecule has 1 saturated carbocycles. The summed E-state index contributed by atoms with van der Waals surface area (Å²) < 4.78 is 1.15. The van der Waals surface area contributed by atoms with Crippen molar-refractivity contribution in [3.05, 3.63) is 28.2 Å². The third-order valence-electron chi connectivity index (χ3n) is 4.50. The zero-order valence-corrected chi connectivity index (χ0v) is 14.5. The van der Waals surface area contributed by atoms with E-state index in [-0.39, 0.29) is 6.04 Å². The van der Waals surface area contributed by atoms with E-state index in [1.165, 1.54) is 36.9 Å². The summed E-state index contributed by atoms with van der Waals surface area (Å²) in [7, 11) is 2.24. The minimum atomic E-state index is 0.203. The average molecular weight is 339 g/mol. The fraction of sp³-hybridized carbons (Fsp3) is 0.647. The van der Waals surface area contributed by atoms with E-state index in [9.17, 15) is 0 Å². The van der Waals surface area contributed by atoms with Crippen LogP contribution in [0, 0.1) is 5.92 Å². The first-order valence-corrected chi connectivity index (χ1v) is 8.53. The average Bonchev–Trinajstić information content (AvgIpc) is 2.40. The molecule has 1 aromatic carbocycles. The number of anilines is 1. The Hall–Kier alpha value is -0.540. The summed E-state index contributed by atoms with van der Waals surface area (Å²) in [6.45, 7) is 4.45. The quantitative estimate of drug-likeness (QED) is 0.883. The minimum absolute atomic E-state index is 0.203. The van der Waals surface area contributed by atoms with Gasteiger partial charge in [-0.1, -0.05) is 28.9 Å². The first-order chi connectivity index (χ1) is 9.47. The molecule has 0 aromatic heterocycles. The monoisotopic (exact) mass is 338 g/mol. The van der Waals surface area contributed by atoms with Crippen LogP contribution >= 0.6 is 15.9 Å². The Balaban J connectivity index is 2.19. The number of nitrogens with zero attached hydrogens (tertiary/aromatic N) is 1. The van der Waals surface area contributed by atoms with Gasteiger partial charge in [0.1, 0.15) is 0 Å². The van der Waals surface area contributed by atoms with Gasteiger partial charge in [0, 0.05) is 29.3 Å². The maximum absolute atomic E-state index is 6.00. The van der Waals surface area contributed by atoms with E-state index in [2.05, 4.69) is 59.9 Å². The summed E-state index contributed by atoms with van der Waals surface area (Å²) in [4.78, 5) is 2.48.